The summed E-state index contributed by atoms with van der Waals surface area (Å²) in [6, 6.07) is 4.48. The monoisotopic (exact) mass is 338 g/mol. The fraction of sp³-hybridized carbons (Fsp3) is 0.588. The highest BCUT2D eigenvalue weighted by Gasteiger charge is 2.43. The lowest BCUT2D eigenvalue weighted by molar-refractivity contribution is -0.0831. The van der Waals surface area contributed by atoms with E-state index in [4.69, 9.17) is 16.3 Å². The first-order chi connectivity index (χ1) is 11.0. The van der Waals surface area contributed by atoms with Crippen LogP contribution < -0.4 is 0 Å². The Morgan fingerprint density at radius 3 is 2.52 bits per heavy atom. The van der Waals surface area contributed by atoms with Gasteiger partial charge >= 0.3 is 5.97 Å². The molecule has 2 heterocycles. The van der Waals surface area contributed by atoms with Crippen molar-refractivity contribution in [3.8, 4) is 5.75 Å². The van der Waals surface area contributed by atoms with E-state index in [9.17, 15) is 9.90 Å². The molecule has 2 saturated heterocycles. The maximum Gasteiger partial charge on any atom is 0.338 e. The Bertz CT molecular complexity index is 579. The normalized spacial score (nSPS) is 28.6. The summed E-state index contributed by atoms with van der Waals surface area (Å²) in [5, 5.41) is 9.90. The lowest BCUT2D eigenvalue weighted by Gasteiger charge is -2.49. The van der Waals surface area contributed by atoms with Gasteiger partial charge in [0, 0.05) is 38.0 Å². The van der Waals surface area contributed by atoms with Crippen molar-refractivity contribution < 1.29 is 14.6 Å². The van der Waals surface area contributed by atoms with Crippen LogP contribution >= 0.6 is 11.6 Å². The van der Waals surface area contributed by atoms with E-state index in [1.54, 1.807) is 6.07 Å². The van der Waals surface area contributed by atoms with Crippen molar-refractivity contribution in [1.29, 1.82) is 0 Å². The van der Waals surface area contributed by atoms with Gasteiger partial charge in [0.2, 0.25) is 0 Å². The van der Waals surface area contributed by atoms with Crippen LogP contribution in [0.5, 0.6) is 5.75 Å². The van der Waals surface area contributed by atoms with Crippen LogP contribution in [0.3, 0.4) is 0 Å². The molecule has 126 valence electrons. The van der Waals surface area contributed by atoms with Gasteiger partial charge in [-0.25, -0.2) is 4.79 Å². The van der Waals surface area contributed by atoms with Crippen LogP contribution in [0.1, 0.15) is 17.3 Å². The summed E-state index contributed by atoms with van der Waals surface area (Å²) in [5.41, 5.74) is 0.344. The Labute approximate surface area is 141 Å². The van der Waals surface area contributed by atoms with Crippen LogP contribution in [0, 0.1) is 11.8 Å². The van der Waals surface area contributed by atoms with Crippen LogP contribution in [0.25, 0.3) is 0 Å². The minimum absolute atomic E-state index is 0.0562. The fourth-order valence-electron chi connectivity index (χ4n) is 3.81. The number of likely N-dealkylation sites (tertiary alicyclic amines) is 2. The summed E-state index contributed by atoms with van der Waals surface area (Å²) < 4.78 is 5.83. The number of carbonyl (C=O) groups is 1. The molecule has 0 amide bonds. The molecule has 1 aromatic rings. The van der Waals surface area contributed by atoms with E-state index < -0.39 is 0 Å². The van der Waals surface area contributed by atoms with Crippen LogP contribution in [0.15, 0.2) is 18.2 Å². The minimum Gasteiger partial charge on any atom is -0.506 e. The SMILES string of the molecule is CCN1C[C@H]2CN(C)C[C@@H](C1)C2OC(=O)c1ccc(Cl)c(O)c1. The molecule has 5 nitrogen and oxygen atoms in total. The molecule has 1 aromatic carbocycles. The Kier molecular flexibility index (Phi) is 4.80. The minimum atomic E-state index is -0.383. The molecular weight excluding hydrogens is 316 g/mol. The van der Waals surface area contributed by atoms with Crippen LogP contribution in [-0.2, 0) is 4.74 Å². The van der Waals surface area contributed by atoms with E-state index in [1.807, 2.05) is 0 Å². The quantitative estimate of drug-likeness (QED) is 0.855. The third kappa shape index (κ3) is 3.47. The fourth-order valence-corrected chi connectivity index (χ4v) is 3.93. The number of hydrogen-bond acceptors (Lipinski definition) is 5. The number of rotatable bonds is 3. The molecule has 0 radical (unpaired) electrons. The zero-order chi connectivity index (χ0) is 16.6. The smallest absolute Gasteiger partial charge is 0.338 e. The first-order valence-electron chi connectivity index (χ1n) is 8.08. The van der Waals surface area contributed by atoms with Gasteiger partial charge in [0.25, 0.3) is 0 Å². The average Bonchev–Trinajstić information content (AvgIpc) is 2.50. The first kappa shape index (κ1) is 16.6. The second-order valence-electron chi connectivity index (χ2n) is 6.63. The number of esters is 1. The molecule has 3 rings (SSSR count). The van der Waals surface area contributed by atoms with Crippen LogP contribution in [-0.4, -0.2) is 66.8 Å². The van der Waals surface area contributed by atoms with Gasteiger partial charge < -0.3 is 19.6 Å². The van der Waals surface area contributed by atoms with Crippen molar-refractivity contribution >= 4 is 17.6 Å². The number of benzene rings is 1. The van der Waals surface area contributed by atoms with Gasteiger partial charge in [-0.3, -0.25) is 0 Å². The number of fused-ring (bicyclic) bond motifs is 2. The highest BCUT2D eigenvalue weighted by molar-refractivity contribution is 6.32. The van der Waals surface area contributed by atoms with Gasteiger partial charge in [0.1, 0.15) is 11.9 Å². The second kappa shape index (κ2) is 6.67. The molecule has 23 heavy (non-hydrogen) atoms. The molecule has 2 fully saturated rings. The first-order valence-corrected chi connectivity index (χ1v) is 8.46. The summed E-state index contributed by atoms with van der Waals surface area (Å²) in [5.74, 6) is 0.183. The third-order valence-corrected chi connectivity index (χ3v) is 5.20. The topological polar surface area (TPSA) is 53.0 Å². The van der Waals surface area contributed by atoms with E-state index in [0.29, 0.717) is 17.4 Å². The number of halogens is 1. The maximum atomic E-state index is 12.4. The van der Waals surface area contributed by atoms with Gasteiger partial charge in [-0.1, -0.05) is 18.5 Å². The van der Waals surface area contributed by atoms with Gasteiger partial charge in [-0.2, -0.15) is 0 Å². The molecule has 0 aliphatic carbocycles. The van der Waals surface area contributed by atoms with Crippen molar-refractivity contribution in [3.63, 3.8) is 0 Å². The third-order valence-electron chi connectivity index (χ3n) is 4.88. The molecule has 2 aliphatic rings. The molecule has 3 atom stereocenters. The van der Waals surface area contributed by atoms with E-state index in [2.05, 4.69) is 23.8 Å². The molecule has 0 saturated carbocycles. The van der Waals surface area contributed by atoms with Gasteiger partial charge in [-0.05, 0) is 31.8 Å². The molecule has 1 unspecified atom stereocenters. The molecule has 1 N–H and O–H groups in total. The van der Waals surface area contributed by atoms with Crippen molar-refractivity contribution in [2.24, 2.45) is 11.8 Å². The number of carbonyl (C=O) groups excluding carboxylic acids is 1. The number of nitrogens with zero attached hydrogens (tertiary/aromatic N) is 2. The lowest BCUT2D eigenvalue weighted by atomic mass is 9.81. The Balaban J connectivity index is 1.73. The highest BCUT2D eigenvalue weighted by Crippen LogP contribution is 2.32. The van der Waals surface area contributed by atoms with Crippen LogP contribution in [0.2, 0.25) is 5.02 Å². The zero-order valence-corrected chi connectivity index (χ0v) is 14.3. The maximum absolute atomic E-state index is 12.4. The van der Waals surface area contributed by atoms with Crippen molar-refractivity contribution in [2.45, 2.75) is 13.0 Å². The Morgan fingerprint density at radius 2 is 1.96 bits per heavy atom. The average molecular weight is 339 g/mol. The van der Waals surface area contributed by atoms with E-state index in [0.717, 1.165) is 32.7 Å². The molecule has 0 spiro atoms. The van der Waals surface area contributed by atoms with Crippen LogP contribution in [0.4, 0.5) is 0 Å². The molecular formula is C17H23ClN2O3. The summed E-state index contributed by atoms with van der Waals surface area (Å²) >= 11 is 5.79. The van der Waals surface area contributed by atoms with Crippen molar-refractivity contribution in [2.75, 3.05) is 39.8 Å². The summed E-state index contributed by atoms with van der Waals surface area (Å²) in [4.78, 5) is 17.2. The van der Waals surface area contributed by atoms with E-state index >= 15 is 0 Å². The largest absolute Gasteiger partial charge is 0.506 e. The molecule has 2 aliphatic heterocycles. The predicted molar refractivity (Wildman–Crippen MR) is 88.9 cm³/mol. The Morgan fingerprint density at radius 1 is 1.30 bits per heavy atom. The van der Waals surface area contributed by atoms with Crippen molar-refractivity contribution in [1.82, 2.24) is 9.80 Å². The number of piperidine rings is 2. The number of aromatic hydroxyl groups is 1. The van der Waals surface area contributed by atoms with Gasteiger partial charge in [0.15, 0.2) is 0 Å². The van der Waals surface area contributed by atoms with Gasteiger partial charge in [-0.15, -0.1) is 0 Å². The number of phenolic OH excluding ortho intramolecular Hbond substituents is 1. The van der Waals surface area contributed by atoms with Gasteiger partial charge in [0.05, 0.1) is 10.6 Å². The van der Waals surface area contributed by atoms with E-state index in [-0.39, 0.29) is 22.8 Å². The number of phenols is 1. The molecule has 6 heteroatoms. The van der Waals surface area contributed by atoms with E-state index in [1.165, 1.54) is 12.1 Å². The standard InChI is InChI=1S/C17H23ClN2O3/c1-3-20-9-12-7-19(2)8-13(10-20)16(12)23-17(22)11-4-5-14(18)15(21)6-11/h4-6,12-13,16,21H,3,7-10H2,1-2H3/t12-,13+,16?. The summed E-state index contributed by atoms with van der Waals surface area (Å²) in [6.07, 6.45) is -0.0562. The number of ether oxygens (including phenoxy) is 1. The molecule has 0 aromatic heterocycles. The summed E-state index contributed by atoms with van der Waals surface area (Å²) in [6.45, 7) is 7.00. The zero-order valence-electron chi connectivity index (χ0n) is 13.5. The Hall–Kier alpha value is -1.30. The van der Waals surface area contributed by atoms with Crippen molar-refractivity contribution in [3.05, 3.63) is 28.8 Å². The highest BCUT2D eigenvalue weighted by atomic mass is 35.5. The molecule has 2 bridgehead atoms. The summed E-state index contributed by atoms with van der Waals surface area (Å²) in [7, 11) is 2.12. The lowest BCUT2D eigenvalue weighted by Crippen LogP contribution is -2.60. The number of hydrogen-bond donors (Lipinski definition) is 1. The predicted octanol–water partition coefficient (Wildman–Crippen LogP) is 2.08. The second-order valence-corrected chi connectivity index (χ2v) is 7.04.